The molecule has 124 valence electrons. The van der Waals surface area contributed by atoms with Crippen LogP contribution in [0.25, 0.3) is 0 Å². The second-order valence-corrected chi connectivity index (χ2v) is 4.87. The van der Waals surface area contributed by atoms with Crippen LogP contribution in [0.5, 0.6) is 0 Å². The van der Waals surface area contributed by atoms with Gasteiger partial charge in [-0.2, -0.15) is 0 Å². The number of methoxy groups -OCH3 is 2. The first-order chi connectivity index (χ1) is 10.6. The Morgan fingerprint density at radius 3 is 2.05 bits per heavy atom. The van der Waals surface area contributed by atoms with Gasteiger partial charge in [0.25, 0.3) is 12.6 Å². The number of carbonyl (C=O) groups excluding carboxylic acids is 2. The summed E-state index contributed by atoms with van der Waals surface area (Å²) in [4.78, 5) is 23.0. The lowest BCUT2D eigenvalue weighted by molar-refractivity contribution is -0.296. The third-order valence-corrected chi connectivity index (χ3v) is 3.66. The zero-order valence-corrected chi connectivity index (χ0v) is 11.9. The topological polar surface area (TPSA) is 119 Å². The van der Waals surface area contributed by atoms with E-state index in [0.717, 1.165) is 0 Å². The molecule has 0 bridgehead atoms. The number of esters is 2. The molecule has 0 aromatic carbocycles. The van der Waals surface area contributed by atoms with Gasteiger partial charge >= 0.3 is 11.9 Å². The number of hydrogen-bond acceptors (Lipinski definition) is 10. The van der Waals surface area contributed by atoms with Crippen LogP contribution in [-0.2, 0) is 42.7 Å². The maximum atomic E-state index is 11.6. The molecule has 0 spiro atoms. The number of rotatable bonds is 3. The van der Waals surface area contributed by atoms with Crippen LogP contribution in [0.4, 0.5) is 0 Å². The fourth-order valence-corrected chi connectivity index (χ4v) is 2.63. The molecule has 22 heavy (non-hydrogen) atoms. The van der Waals surface area contributed by atoms with Crippen molar-refractivity contribution >= 4 is 11.9 Å². The Bertz CT molecular complexity index is 453. The van der Waals surface area contributed by atoms with E-state index in [0.29, 0.717) is 0 Å². The monoisotopic (exact) mass is 320 g/mol. The molecule has 3 rings (SSSR count). The van der Waals surface area contributed by atoms with E-state index in [1.807, 2.05) is 0 Å². The quantitative estimate of drug-likeness (QED) is 0.579. The molecule has 1 N–H and O–H groups in total. The van der Waals surface area contributed by atoms with Gasteiger partial charge in [0.2, 0.25) is 0 Å². The molecule has 0 radical (unpaired) electrons. The summed E-state index contributed by atoms with van der Waals surface area (Å²) < 4.78 is 36.1. The van der Waals surface area contributed by atoms with Crippen LogP contribution in [0, 0.1) is 0 Å². The number of fused-ring (bicyclic) bond motifs is 3. The summed E-state index contributed by atoms with van der Waals surface area (Å²) in [5.74, 6) is -1.45. The number of aliphatic hydroxyl groups excluding tert-OH is 1. The minimum atomic E-state index is -1.31. The van der Waals surface area contributed by atoms with Crippen LogP contribution >= 0.6 is 0 Å². The van der Waals surface area contributed by atoms with E-state index in [1.54, 1.807) is 0 Å². The highest BCUT2D eigenvalue weighted by molar-refractivity contribution is 5.73. The fraction of sp³-hybridized carbons (Fsp3) is 0.833. The minimum absolute atomic E-state index is 0.391. The van der Waals surface area contributed by atoms with Crippen molar-refractivity contribution in [3.8, 4) is 0 Å². The third-order valence-electron chi connectivity index (χ3n) is 3.66. The molecule has 0 saturated carbocycles. The second-order valence-electron chi connectivity index (χ2n) is 4.87. The van der Waals surface area contributed by atoms with E-state index >= 15 is 0 Å². The SMILES string of the molecule is COC(=O)C1OC2OC3C(CO)OC(C(=O)OC)OC3C2O1. The summed E-state index contributed by atoms with van der Waals surface area (Å²) in [6.45, 7) is -0.391. The summed E-state index contributed by atoms with van der Waals surface area (Å²) >= 11 is 0. The van der Waals surface area contributed by atoms with Crippen LogP contribution in [-0.4, -0.2) is 81.2 Å². The molecule has 3 saturated heterocycles. The van der Waals surface area contributed by atoms with Gasteiger partial charge in [-0.3, -0.25) is 0 Å². The molecule has 0 amide bonds. The first kappa shape index (κ1) is 15.6. The molecule has 0 aliphatic carbocycles. The van der Waals surface area contributed by atoms with Crippen molar-refractivity contribution in [1.29, 1.82) is 0 Å². The van der Waals surface area contributed by atoms with Crippen molar-refractivity contribution in [3.63, 3.8) is 0 Å². The third kappa shape index (κ3) is 2.47. The molecule has 7 unspecified atom stereocenters. The van der Waals surface area contributed by atoms with Crippen molar-refractivity contribution in [3.05, 3.63) is 0 Å². The predicted octanol–water partition coefficient (Wildman–Crippen LogP) is -2.10. The van der Waals surface area contributed by atoms with E-state index in [1.165, 1.54) is 14.2 Å². The molecule has 3 fully saturated rings. The maximum Gasteiger partial charge on any atom is 0.363 e. The van der Waals surface area contributed by atoms with Crippen molar-refractivity contribution in [2.75, 3.05) is 20.8 Å². The van der Waals surface area contributed by atoms with Gasteiger partial charge in [0.15, 0.2) is 6.29 Å². The summed E-state index contributed by atoms with van der Waals surface area (Å²) in [7, 11) is 2.39. The Morgan fingerprint density at radius 1 is 0.864 bits per heavy atom. The normalized spacial score (nSPS) is 43.3. The van der Waals surface area contributed by atoms with Crippen LogP contribution in [0.1, 0.15) is 0 Å². The van der Waals surface area contributed by atoms with E-state index in [2.05, 4.69) is 9.47 Å². The molecule has 3 heterocycles. The molecule has 3 aliphatic heterocycles. The van der Waals surface area contributed by atoms with E-state index in [9.17, 15) is 14.7 Å². The lowest BCUT2D eigenvalue weighted by atomic mass is 10.0. The molecule has 10 nitrogen and oxygen atoms in total. The predicted molar refractivity (Wildman–Crippen MR) is 63.1 cm³/mol. The standard InChI is InChI=1S/C12H16O10/c1-16-8(14)11-18-4(3-13)5-6(20-11)7-10(19-5)22-12(21-7)9(15)17-2/h4-7,10-13H,3H2,1-2H3. The van der Waals surface area contributed by atoms with Gasteiger partial charge in [-0.05, 0) is 0 Å². The summed E-state index contributed by atoms with van der Waals surface area (Å²) in [5.41, 5.74) is 0. The van der Waals surface area contributed by atoms with Gasteiger partial charge in [0.05, 0.1) is 20.8 Å². The van der Waals surface area contributed by atoms with Crippen LogP contribution < -0.4 is 0 Å². The highest BCUT2D eigenvalue weighted by Gasteiger charge is 2.60. The zero-order valence-electron chi connectivity index (χ0n) is 11.9. The van der Waals surface area contributed by atoms with E-state index < -0.39 is 61.8 Å². The Labute approximate surface area is 125 Å². The van der Waals surface area contributed by atoms with Crippen LogP contribution in [0.15, 0.2) is 0 Å². The number of hydrogen-bond donors (Lipinski definition) is 1. The average Bonchev–Trinajstić information content (AvgIpc) is 3.10. The minimum Gasteiger partial charge on any atom is -0.465 e. The fourth-order valence-electron chi connectivity index (χ4n) is 2.63. The van der Waals surface area contributed by atoms with Crippen LogP contribution in [0.3, 0.4) is 0 Å². The van der Waals surface area contributed by atoms with Gasteiger partial charge in [0.1, 0.15) is 24.4 Å². The van der Waals surface area contributed by atoms with Crippen LogP contribution in [0.2, 0.25) is 0 Å². The first-order valence-electron chi connectivity index (χ1n) is 6.63. The smallest absolute Gasteiger partial charge is 0.363 e. The maximum absolute atomic E-state index is 11.6. The van der Waals surface area contributed by atoms with Crippen molar-refractivity contribution in [2.45, 2.75) is 43.3 Å². The molecule has 0 aromatic heterocycles. The molecule has 0 aromatic rings. The molecule has 7 atom stereocenters. The van der Waals surface area contributed by atoms with Crippen molar-refractivity contribution in [1.82, 2.24) is 0 Å². The van der Waals surface area contributed by atoms with Gasteiger partial charge in [-0.1, -0.05) is 0 Å². The molecule has 10 heteroatoms. The van der Waals surface area contributed by atoms with Gasteiger partial charge in [0, 0.05) is 0 Å². The Balaban J connectivity index is 1.74. The number of carbonyl (C=O) groups is 2. The van der Waals surface area contributed by atoms with Crippen molar-refractivity contribution in [2.24, 2.45) is 0 Å². The van der Waals surface area contributed by atoms with E-state index in [4.69, 9.17) is 23.7 Å². The first-order valence-corrected chi connectivity index (χ1v) is 6.63. The summed E-state index contributed by atoms with van der Waals surface area (Å²) in [5, 5.41) is 9.38. The largest absolute Gasteiger partial charge is 0.465 e. The highest BCUT2D eigenvalue weighted by atomic mass is 16.9. The summed E-state index contributed by atoms with van der Waals surface area (Å²) in [6, 6.07) is 0. The van der Waals surface area contributed by atoms with Gasteiger partial charge < -0.3 is 38.3 Å². The Hall–Kier alpha value is -1.30. The average molecular weight is 320 g/mol. The lowest BCUT2D eigenvalue weighted by Gasteiger charge is -2.36. The van der Waals surface area contributed by atoms with Crippen molar-refractivity contribution < 1.29 is 47.9 Å². The molecule has 3 aliphatic rings. The number of aliphatic hydroxyl groups is 1. The van der Waals surface area contributed by atoms with Gasteiger partial charge in [-0.25, -0.2) is 9.59 Å². The van der Waals surface area contributed by atoms with Gasteiger partial charge in [-0.15, -0.1) is 0 Å². The molecular weight excluding hydrogens is 304 g/mol. The zero-order chi connectivity index (χ0) is 15.9. The Kier molecular flexibility index (Phi) is 4.30. The van der Waals surface area contributed by atoms with E-state index in [-0.39, 0.29) is 0 Å². The summed E-state index contributed by atoms with van der Waals surface area (Å²) in [6.07, 6.45) is -6.43. The Morgan fingerprint density at radius 2 is 1.45 bits per heavy atom. The lowest BCUT2D eigenvalue weighted by Crippen LogP contribution is -2.55. The molecular formula is C12H16O10. The number of ether oxygens (including phenoxy) is 7. The second kappa shape index (κ2) is 6.07. The highest BCUT2D eigenvalue weighted by Crippen LogP contribution is 2.39.